The number of methoxy groups -OCH3 is 1. The number of benzene rings is 2. The Morgan fingerprint density at radius 2 is 1.67 bits per heavy atom. The maximum absolute atomic E-state index is 12.2. The standard InChI is InChI=1S/C18H21NO4S/c1-14-3-5-15(6-4-14)13-19-18(20)11-12-24(21,22)17-9-7-16(23-2)8-10-17/h3-10H,11-13H2,1-2H3,(H,19,20). The van der Waals surface area contributed by atoms with Crippen LogP contribution in [0.15, 0.2) is 53.4 Å². The average molecular weight is 347 g/mol. The molecule has 2 aromatic carbocycles. The van der Waals surface area contributed by atoms with Crippen LogP contribution in [0.5, 0.6) is 5.75 Å². The van der Waals surface area contributed by atoms with Gasteiger partial charge in [0.2, 0.25) is 5.91 Å². The molecule has 128 valence electrons. The summed E-state index contributed by atoms with van der Waals surface area (Å²) in [7, 11) is -1.97. The van der Waals surface area contributed by atoms with E-state index in [-0.39, 0.29) is 23.0 Å². The van der Waals surface area contributed by atoms with Gasteiger partial charge in [0.1, 0.15) is 5.75 Å². The van der Waals surface area contributed by atoms with Crippen LogP contribution >= 0.6 is 0 Å². The van der Waals surface area contributed by atoms with Gasteiger partial charge >= 0.3 is 0 Å². The van der Waals surface area contributed by atoms with Gasteiger partial charge in [-0.3, -0.25) is 4.79 Å². The van der Waals surface area contributed by atoms with Crippen LogP contribution < -0.4 is 10.1 Å². The molecule has 1 amide bonds. The number of hydrogen-bond donors (Lipinski definition) is 1. The Kier molecular flexibility index (Phi) is 5.98. The Hall–Kier alpha value is -2.34. The van der Waals surface area contributed by atoms with Crippen molar-refractivity contribution in [1.82, 2.24) is 5.32 Å². The monoisotopic (exact) mass is 347 g/mol. The molecule has 1 N–H and O–H groups in total. The predicted octanol–water partition coefficient (Wildman–Crippen LogP) is 2.48. The fraction of sp³-hybridized carbons (Fsp3) is 0.278. The van der Waals surface area contributed by atoms with Crippen molar-refractivity contribution >= 4 is 15.7 Å². The molecular formula is C18H21NO4S. The zero-order chi connectivity index (χ0) is 17.6. The minimum Gasteiger partial charge on any atom is -0.497 e. The van der Waals surface area contributed by atoms with Gasteiger partial charge in [-0.25, -0.2) is 8.42 Å². The van der Waals surface area contributed by atoms with Crippen molar-refractivity contribution in [2.24, 2.45) is 0 Å². The molecule has 2 rings (SSSR count). The van der Waals surface area contributed by atoms with Gasteiger partial charge in [0, 0.05) is 13.0 Å². The molecule has 0 fully saturated rings. The van der Waals surface area contributed by atoms with Crippen LogP contribution in [-0.2, 0) is 21.2 Å². The molecule has 0 aliphatic rings. The Balaban J connectivity index is 1.86. The van der Waals surface area contributed by atoms with E-state index in [0.717, 1.165) is 11.1 Å². The summed E-state index contributed by atoms with van der Waals surface area (Å²) >= 11 is 0. The first-order valence-electron chi connectivity index (χ1n) is 7.60. The van der Waals surface area contributed by atoms with Crippen LogP contribution in [0.1, 0.15) is 17.5 Å². The number of carbonyl (C=O) groups excluding carboxylic acids is 1. The molecule has 0 aliphatic heterocycles. The zero-order valence-electron chi connectivity index (χ0n) is 13.8. The van der Waals surface area contributed by atoms with Crippen LogP contribution in [0.3, 0.4) is 0 Å². The average Bonchev–Trinajstić information content (AvgIpc) is 2.59. The van der Waals surface area contributed by atoms with Gasteiger partial charge in [-0.05, 0) is 36.8 Å². The quantitative estimate of drug-likeness (QED) is 0.835. The molecule has 0 aliphatic carbocycles. The molecule has 24 heavy (non-hydrogen) atoms. The van der Waals surface area contributed by atoms with Crippen molar-refractivity contribution in [1.29, 1.82) is 0 Å². The molecule has 0 unspecified atom stereocenters. The first kappa shape index (κ1) is 18.0. The summed E-state index contributed by atoms with van der Waals surface area (Å²) in [5.74, 6) is 0.0800. The predicted molar refractivity (Wildman–Crippen MR) is 92.7 cm³/mol. The topological polar surface area (TPSA) is 72.5 Å². The molecule has 0 heterocycles. The van der Waals surface area contributed by atoms with Gasteiger partial charge in [0.25, 0.3) is 0 Å². The molecule has 0 spiro atoms. The lowest BCUT2D eigenvalue weighted by Gasteiger charge is -2.07. The fourth-order valence-electron chi connectivity index (χ4n) is 2.12. The zero-order valence-corrected chi connectivity index (χ0v) is 14.6. The molecule has 6 heteroatoms. The third kappa shape index (κ3) is 5.09. The summed E-state index contributed by atoms with van der Waals surface area (Å²) in [6, 6.07) is 13.9. The van der Waals surface area contributed by atoms with E-state index in [0.29, 0.717) is 12.3 Å². The van der Waals surface area contributed by atoms with Gasteiger partial charge in [0.05, 0.1) is 17.8 Å². The molecular weight excluding hydrogens is 326 g/mol. The minimum atomic E-state index is -3.49. The summed E-state index contributed by atoms with van der Waals surface area (Å²) in [6.45, 7) is 2.38. The van der Waals surface area contributed by atoms with E-state index in [2.05, 4.69) is 5.32 Å². The summed E-state index contributed by atoms with van der Waals surface area (Å²) in [5, 5.41) is 2.74. The van der Waals surface area contributed by atoms with Crippen LogP contribution in [0.2, 0.25) is 0 Å². The second kappa shape index (κ2) is 7.97. The molecule has 0 radical (unpaired) electrons. The number of nitrogens with one attached hydrogen (secondary N) is 1. The molecule has 0 bridgehead atoms. The lowest BCUT2D eigenvalue weighted by Crippen LogP contribution is -2.25. The second-order valence-electron chi connectivity index (χ2n) is 5.51. The lowest BCUT2D eigenvalue weighted by molar-refractivity contribution is -0.120. The first-order valence-corrected chi connectivity index (χ1v) is 9.25. The number of amides is 1. The van der Waals surface area contributed by atoms with E-state index >= 15 is 0 Å². The molecule has 0 atom stereocenters. The van der Waals surface area contributed by atoms with Crippen molar-refractivity contribution in [3.63, 3.8) is 0 Å². The van der Waals surface area contributed by atoms with E-state index in [1.54, 1.807) is 12.1 Å². The molecule has 0 aromatic heterocycles. The number of ether oxygens (including phenoxy) is 1. The Labute approximate surface area is 142 Å². The SMILES string of the molecule is COc1ccc(S(=O)(=O)CCC(=O)NCc2ccc(C)cc2)cc1. The van der Waals surface area contributed by atoms with Gasteiger partial charge in [-0.1, -0.05) is 29.8 Å². The van der Waals surface area contributed by atoms with Crippen molar-refractivity contribution < 1.29 is 17.9 Å². The number of carbonyl (C=O) groups is 1. The third-order valence-corrected chi connectivity index (χ3v) is 5.36. The normalized spacial score (nSPS) is 11.1. The smallest absolute Gasteiger partial charge is 0.221 e. The number of rotatable bonds is 7. The maximum atomic E-state index is 12.2. The highest BCUT2D eigenvalue weighted by atomic mass is 32.2. The summed E-state index contributed by atoms with van der Waals surface area (Å²) in [4.78, 5) is 12.1. The summed E-state index contributed by atoms with van der Waals surface area (Å²) in [6.07, 6.45) is -0.0692. The van der Waals surface area contributed by atoms with Crippen LogP contribution in [0, 0.1) is 6.92 Å². The van der Waals surface area contributed by atoms with Gasteiger partial charge in [-0.15, -0.1) is 0 Å². The first-order chi connectivity index (χ1) is 11.4. The third-order valence-electron chi connectivity index (χ3n) is 3.63. The van der Waals surface area contributed by atoms with Crippen molar-refractivity contribution in [3.05, 3.63) is 59.7 Å². The van der Waals surface area contributed by atoms with E-state index in [4.69, 9.17) is 4.74 Å². The summed E-state index contributed by atoms with van der Waals surface area (Å²) in [5.41, 5.74) is 2.13. The number of aryl methyl sites for hydroxylation is 1. The van der Waals surface area contributed by atoms with Crippen molar-refractivity contribution in [2.45, 2.75) is 24.8 Å². The van der Waals surface area contributed by atoms with E-state index in [1.807, 2.05) is 31.2 Å². The number of hydrogen-bond acceptors (Lipinski definition) is 4. The maximum Gasteiger partial charge on any atom is 0.221 e. The van der Waals surface area contributed by atoms with E-state index in [9.17, 15) is 13.2 Å². The molecule has 5 nitrogen and oxygen atoms in total. The van der Waals surface area contributed by atoms with Crippen LogP contribution in [-0.4, -0.2) is 27.2 Å². The lowest BCUT2D eigenvalue weighted by atomic mass is 10.1. The van der Waals surface area contributed by atoms with Gasteiger partial charge < -0.3 is 10.1 Å². The van der Waals surface area contributed by atoms with Crippen LogP contribution in [0.4, 0.5) is 0 Å². The highest BCUT2D eigenvalue weighted by Gasteiger charge is 2.16. The van der Waals surface area contributed by atoms with E-state index in [1.165, 1.54) is 19.2 Å². The molecule has 2 aromatic rings. The van der Waals surface area contributed by atoms with Crippen LogP contribution in [0.25, 0.3) is 0 Å². The fourth-order valence-corrected chi connectivity index (χ4v) is 3.36. The minimum absolute atomic E-state index is 0.0692. The summed E-state index contributed by atoms with van der Waals surface area (Å²) < 4.78 is 29.5. The Morgan fingerprint density at radius 1 is 1.04 bits per heavy atom. The van der Waals surface area contributed by atoms with E-state index < -0.39 is 9.84 Å². The Morgan fingerprint density at radius 3 is 2.25 bits per heavy atom. The molecule has 0 saturated carbocycles. The second-order valence-corrected chi connectivity index (χ2v) is 7.62. The van der Waals surface area contributed by atoms with Gasteiger partial charge in [0.15, 0.2) is 9.84 Å². The highest BCUT2D eigenvalue weighted by molar-refractivity contribution is 7.91. The highest BCUT2D eigenvalue weighted by Crippen LogP contribution is 2.17. The van der Waals surface area contributed by atoms with Gasteiger partial charge in [-0.2, -0.15) is 0 Å². The number of sulfone groups is 1. The largest absolute Gasteiger partial charge is 0.497 e. The Bertz CT molecular complexity index is 781. The molecule has 0 saturated heterocycles. The van der Waals surface area contributed by atoms with Crippen molar-refractivity contribution in [2.75, 3.05) is 12.9 Å². The van der Waals surface area contributed by atoms with Crippen molar-refractivity contribution in [3.8, 4) is 5.75 Å².